The van der Waals surface area contributed by atoms with Crippen LogP contribution in [-0.4, -0.2) is 8.42 Å². The molecule has 0 atom stereocenters. The first-order chi connectivity index (χ1) is 13.2. The number of hydrogen-bond acceptors (Lipinski definition) is 3. The Labute approximate surface area is 158 Å². The van der Waals surface area contributed by atoms with Gasteiger partial charge < -0.3 is 4.74 Å². The average molecular weight is 411 g/mol. The van der Waals surface area contributed by atoms with E-state index in [0.29, 0.717) is 11.5 Å². The number of anilines is 1. The second-order valence-corrected chi connectivity index (χ2v) is 7.37. The molecule has 0 heterocycles. The molecule has 1 N–H and O–H groups in total. The highest BCUT2D eigenvalue weighted by molar-refractivity contribution is 7.92. The molecule has 146 valence electrons. The van der Waals surface area contributed by atoms with E-state index in [0.717, 1.165) is 6.92 Å². The van der Waals surface area contributed by atoms with Crippen molar-refractivity contribution in [3.05, 3.63) is 83.4 Å². The summed E-state index contributed by atoms with van der Waals surface area (Å²) in [4.78, 5) is -1.59. The fourth-order valence-electron chi connectivity index (χ4n) is 2.38. The largest absolute Gasteiger partial charge is 0.457 e. The van der Waals surface area contributed by atoms with E-state index in [1.165, 1.54) is 24.3 Å². The number of hydrogen-bond donors (Lipinski definition) is 1. The molecular formula is C19H13F4NO3S. The van der Waals surface area contributed by atoms with Crippen LogP contribution in [0.5, 0.6) is 11.5 Å². The van der Waals surface area contributed by atoms with Gasteiger partial charge in [-0.1, -0.05) is 18.2 Å². The number of rotatable bonds is 5. The van der Waals surface area contributed by atoms with Gasteiger partial charge in [-0.3, -0.25) is 4.72 Å². The van der Waals surface area contributed by atoms with E-state index >= 15 is 0 Å². The highest BCUT2D eigenvalue weighted by Crippen LogP contribution is 2.29. The number of nitrogens with one attached hydrogen (secondary N) is 1. The fourth-order valence-corrected chi connectivity index (χ4v) is 3.64. The molecule has 0 radical (unpaired) electrons. The third kappa shape index (κ3) is 3.79. The Balaban J connectivity index is 1.87. The Morgan fingerprint density at radius 2 is 1.32 bits per heavy atom. The van der Waals surface area contributed by atoms with E-state index in [2.05, 4.69) is 0 Å². The van der Waals surface area contributed by atoms with Crippen molar-refractivity contribution in [3.8, 4) is 11.5 Å². The molecule has 0 aliphatic carbocycles. The monoisotopic (exact) mass is 411 g/mol. The van der Waals surface area contributed by atoms with Crippen LogP contribution in [0.1, 0.15) is 5.56 Å². The Morgan fingerprint density at radius 3 is 1.93 bits per heavy atom. The van der Waals surface area contributed by atoms with Gasteiger partial charge in [0, 0.05) is 11.3 Å². The molecule has 0 spiro atoms. The maximum absolute atomic E-state index is 14.1. The molecule has 0 aliphatic heterocycles. The summed E-state index contributed by atoms with van der Waals surface area (Å²) in [6, 6.07) is 14.2. The van der Waals surface area contributed by atoms with Gasteiger partial charge in [0.15, 0.2) is 28.2 Å². The van der Waals surface area contributed by atoms with E-state index in [4.69, 9.17) is 4.74 Å². The minimum Gasteiger partial charge on any atom is -0.457 e. The first-order valence-electron chi connectivity index (χ1n) is 7.89. The third-order valence-electron chi connectivity index (χ3n) is 3.80. The summed E-state index contributed by atoms with van der Waals surface area (Å²) in [5.41, 5.74) is -0.993. The molecule has 9 heteroatoms. The van der Waals surface area contributed by atoms with Crippen molar-refractivity contribution in [2.24, 2.45) is 0 Å². The molecule has 3 aromatic rings. The van der Waals surface area contributed by atoms with Crippen LogP contribution >= 0.6 is 0 Å². The van der Waals surface area contributed by atoms with Gasteiger partial charge >= 0.3 is 0 Å². The zero-order chi connectivity index (χ0) is 20.5. The Hall–Kier alpha value is -3.07. The molecule has 3 rings (SSSR count). The van der Waals surface area contributed by atoms with E-state index in [1.54, 1.807) is 24.3 Å². The number of halogens is 4. The summed E-state index contributed by atoms with van der Waals surface area (Å²) < 4.78 is 87.1. The quantitative estimate of drug-likeness (QED) is 0.359. The molecule has 0 bridgehead atoms. The summed E-state index contributed by atoms with van der Waals surface area (Å²) >= 11 is 0. The van der Waals surface area contributed by atoms with Crippen molar-refractivity contribution in [2.45, 2.75) is 11.8 Å². The van der Waals surface area contributed by atoms with Crippen LogP contribution in [0.25, 0.3) is 0 Å². The molecular weight excluding hydrogens is 398 g/mol. The zero-order valence-corrected chi connectivity index (χ0v) is 15.2. The van der Waals surface area contributed by atoms with Crippen molar-refractivity contribution in [1.82, 2.24) is 0 Å². The Bertz CT molecular complexity index is 1090. The lowest BCUT2D eigenvalue weighted by molar-refractivity contribution is 0.405. The maximum Gasteiger partial charge on any atom is 0.267 e. The van der Waals surface area contributed by atoms with Gasteiger partial charge in [-0.05, 0) is 43.3 Å². The topological polar surface area (TPSA) is 55.4 Å². The fraction of sp³-hybridized carbons (Fsp3) is 0.0526. The molecule has 0 amide bonds. The summed E-state index contributed by atoms with van der Waals surface area (Å²) in [6.45, 7) is 0.807. The maximum atomic E-state index is 14.1. The second-order valence-electron chi connectivity index (χ2n) is 5.76. The van der Waals surface area contributed by atoms with Gasteiger partial charge in [-0.15, -0.1) is 0 Å². The predicted molar refractivity (Wildman–Crippen MR) is 94.8 cm³/mol. The summed E-state index contributed by atoms with van der Waals surface area (Å²) in [6.07, 6.45) is 0. The van der Waals surface area contributed by atoms with Crippen molar-refractivity contribution in [1.29, 1.82) is 0 Å². The van der Waals surface area contributed by atoms with E-state index < -0.39 is 43.8 Å². The molecule has 0 saturated carbocycles. The van der Waals surface area contributed by atoms with Gasteiger partial charge in [0.25, 0.3) is 10.0 Å². The lowest BCUT2D eigenvalue weighted by Crippen LogP contribution is -2.19. The summed E-state index contributed by atoms with van der Waals surface area (Å²) in [5.74, 6) is -6.74. The zero-order valence-electron chi connectivity index (χ0n) is 14.3. The third-order valence-corrected chi connectivity index (χ3v) is 5.20. The molecule has 0 aromatic heterocycles. The Kier molecular flexibility index (Phi) is 5.28. The van der Waals surface area contributed by atoms with Crippen LogP contribution in [0.2, 0.25) is 0 Å². The lowest BCUT2D eigenvalue weighted by Gasteiger charge is -2.13. The molecule has 3 aromatic carbocycles. The summed E-state index contributed by atoms with van der Waals surface area (Å²) in [7, 11) is -4.86. The second kappa shape index (κ2) is 7.51. The van der Waals surface area contributed by atoms with Gasteiger partial charge in [0.05, 0.1) is 0 Å². The normalized spacial score (nSPS) is 11.3. The van der Waals surface area contributed by atoms with E-state index in [1.807, 2.05) is 10.8 Å². The highest BCUT2D eigenvalue weighted by atomic mass is 32.2. The number of para-hydroxylation sites is 1. The van der Waals surface area contributed by atoms with Gasteiger partial charge in [0.2, 0.25) is 0 Å². The Morgan fingerprint density at radius 1 is 0.750 bits per heavy atom. The van der Waals surface area contributed by atoms with Crippen LogP contribution in [-0.2, 0) is 10.0 Å². The predicted octanol–water partition coefficient (Wildman–Crippen LogP) is 5.14. The molecule has 0 unspecified atom stereocenters. The lowest BCUT2D eigenvalue weighted by atomic mass is 10.2. The number of sulfonamides is 1. The SMILES string of the molecule is Cc1c(F)c(F)c(F)c(S(=O)(=O)Nc2ccc(Oc3ccccc3)cc2)c1F. The molecule has 4 nitrogen and oxygen atoms in total. The number of benzene rings is 3. The van der Waals surface area contributed by atoms with Gasteiger partial charge in [0.1, 0.15) is 11.5 Å². The van der Waals surface area contributed by atoms with Gasteiger partial charge in [-0.25, -0.2) is 26.0 Å². The first-order valence-corrected chi connectivity index (χ1v) is 9.37. The van der Waals surface area contributed by atoms with Crippen LogP contribution in [0.4, 0.5) is 23.2 Å². The molecule has 28 heavy (non-hydrogen) atoms. The summed E-state index contributed by atoms with van der Waals surface area (Å²) in [5, 5.41) is 0. The smallest absolute Gasteiger partial charge is 0.267 e. The van der Waals surface area contributed by atoms with Crippen molar-refractivity contribution in [3.63, 3.8) is 0 Å². The van der Waals surface area contributed by atoms with Crippen molar-refractivity contribution >= 4 is 15.7 Å². The van der Waals surface area contributed by atoms with Crippen LogP contribution in [0, 0.1) is 30.2 Å². The van der Waals surface area contributed by atoms with Crippen LogP contribution in [0.15, 0.2) is 59.5 Å². The van der Waals surface area contributed by atoms with Crippen molar-refractivity contribution in [2.75, 3.05) is 4.72 Å². The minimum atomic E-state index is -4.86. The van der Waals surface area contributed by atoms with Crippen molar-refractivity contribution < 1.29 is 30.7 Å². The molecule has 0 aliphatic rings. The van der Waals surface area contributed by atoms with Crippen LogP contribution in [0.3, 0.4) is 0 Å². The van der Waals surface area contributed by atoms with E-state index in [-0.39, 0.29) is 5.69 Å². The standard InChI is InChI=1S/C19H13F4NO3S/c1-11-15(20)17(22)18(23)19(16(11)21)28(25,26)24-12-7-9-14(10-8-12)27-13-5-3-2-4-6-13/h2-10,24H,1H3. The molecule has 0 saturated heterocycles. The highest BCUT2D eigenvalue weighted by Gasteiger charge is 2.31. The minimum absolute atomic E-state index is 0.0541. The number of ether oxygens (including phenoxy) is 1. The molecule has 0 fully saturated rings. The first kappa shape index (κ1) is 19.7. The van der Waals surface area contributed by atoms with Gasteiger partial charge in [-0.2, -0.15) is 0 Å². The van der Waals surface area contributed by atoms with Crippen LogP contribution < -0.4 is 9.46 Å². The van der Waals surface area contributed by atoms with E-state index in [9.17, 15) is 26.0 Å². The average Bonchev–Trinajstić information content (AvgIpc) is 2.67.